The summed E-state index contributed by atoms with van der Waals surface area (Å²) in [6.07, 6.45) is 1.03. The predicted molar refractivity (Wildman–Crippen MR) is 69.2 cm³/mol. The molecular weight excluding hydrogens is 311 g/mol. The van der Waals surface area contributed by atoms with Crippen LogP contribution in [0.5, 0.6) is 0 Å². The Labute approximate surface area is 102 Å². The third-order valence-electron chi connectivity index (χ3n) is 3.30. The molecule has 0 bridgehead atoms. The van der Waals surface area contributed by atoms with E-state index in [1.807, 2.05) is 0 Å². The fourth-order valence-electron chi connectivity index (χ4n) is 2.09. The van der Waals surface area contributed by atoms with Crippen molar-refractivity contribution in [1.82, 2.24) is 0 Å². The van der Waals surface area contributed by atoms with Crippen LogP contribution in [0.4, 0.5) is 0 Å². The first kappa shape index (κ1) is 12.8. The fraction of sp³-hybridized carbons (Fsp3) is 0.800. The number of hydrogen-bond acceptors (Lipinski definition) is 3. The molecule has 0 amide bonds. The Balaban J connectivity index is 2.62. The Morgan fingerprint density at radius 3 is 2.79 bits per heavy atom. The molecule has 0 aliphatic heterocycles. The van der Waals surface area contributed by atoms with Crippen LogP contribution in [0.25, 0.3) is 0 Å². The highest BCUT2D eigenvalue weighted by Gasteiger charge is 2.43. The lowest BCUT2D eigenvalue weighted by Gasteiger charge is -2.48. The van der Waals surface area contributed by atoms with E-state index in [4.69, 9.17) is 9.29 Å². The van der Waals surface area contributed by atoms with E-state index in [0.717, 1.165) is 6.42 Å². The first-order valence-electron chi connectivity index (χ1n) is 4.74. The Morgan fingerprint density at radius 2 is 2.36 bits per heavy atom. The third-order valence-corrected chi connectivity index (χ3v) is 4.27. The van der Waals surface area contributed by atoms with Crippen molar-refractivity contribution in [3.8, 4) is 0 Å². The summed E-state index contributed by atoms with van der Waals surface area (Å²) < 4.78 is 5.30. The molecular formula is C10H17IO2S. The Bertz CT molecular complexity index is 238. The minimum atomic E-state index is 0.165. The van der Waals surface area contributed by atoms with E-state index in [0.29, 0.717) is 19.1 Å². The van der Waals surface area contributed by atoms with Gasteiger partial charge in [-0.05, 0) is 30.3 Å². The maximum Gasteiger partial charge on any atom is 0.0834 e. The molecule has 1 unspecified atom stereocenters. The van der Waals surface area contributed by atoms with Crippen molar-refractivity contribution in [2.24, 2.45) is 11.3 Å². The van der Waals surface area contributed by atoms with Crippen molar-refractivity contribution < 1.29 is 9.29 Å². The average Bonchev–Trinajstić information content (AvgIpc) is 2.13. The smallest absolute Gasteiger partial charge is 0.0834 e. The van der Waals surface area contributed by atoms with Gasteiger partial charge in [0.25, 0.3) is 0 Å². The maximum absolute atomic E-state index is 9.14. The van der Waals surface area contributed by atoms with Crippen molar-refractivity contribution in [2.45, 2.75) is 27.2 Å². The van der Waals surface area contributed by atoms with Crippen LogP contribution in [0.15, 0.2) is 11.1 Å². The highest BCUT2D eigenvalue weighted by Crippen LogP contribution is 2.51. The lowest BCUT2D eigenvalue weighted by atomic mass is 9.58. The molecule has 1 N–H and O–H groups in total. The zero-order valence-electron chi connectivity index (χ0n) is 8.84. The van der Waals surface area contributed by atoms with Crippen LogP contribution in [0.1, 0.15) is 27.2 Å². The zero-order valence-corrected chi connectivity index (χ0v) is 11.8. The highest BCUT2D eigenvalue weighted by atomic mass is 127. The van der Waals surface area contributed by atoms with Crippen LogP contribution >= 0.6 is 30.4 Å². The molecule has 1 rings (SSSR count). The number of rotatable bonds is 4. The second kappa shape index (κ2) is 5.18. The quantitative estimate of drug-likeness (QED) is 0.487. The predicted octanol–water partition coefficient (Wildman–Crippen LogP) is 3.36. The van der Waals surface area contributed by atoms with E-state index in [2.05, 4.69) is 42.0 Å². The zero-order chi connectivity index (χ0) is 10.8. The summed E-state index contributed by atoms with van der Waals surface area (Å²) in [5.74, 6) is 0.430. The summed E-state index contributed by atoms with van der Waals surface area (Å²) in [5.41, 5.74) is 2.95. The lowest BCUT2D eigenvalue weighted by molar-refractivity contribution is 0.0822. The van der Waals surface area contributed by atoms with Crippen LogP contribution in [0, 0.1) is 11.3 Å². The molecule has 0 spiro atoms. The minimum Gasteiger partial charge on any atom is -0.396 e. The van der Waals surface area contributed by atoms with Gasteiger partial charge in [0, 0.05) is 27.8 Å². The number of aliphatic hydroxyl groups is 1. The summed E-state index contributed by atoms with van der Waals surface area (Å²) in [4.78, 5) is 0. The molecule has 0 radical (unpaired) electrons. The van der Waals surface area contributed by atoms with Gasteiger partial charge in [-0.1, -0.05) is 19.4 Å². The van der Waals surface area contributed by atoms with Crippen LogP contribution in [0.2, 0.25) is 0 Å². The second-order valence-corrected chi connectivity index (χ2v) is 5.83. The van der Waals surface area contributed by atoms with Gasteiger partial charge in [-0.3, -0.25) is 0 Å². The van der Waals surface area contributed by atoms with E-state index < -0.39 is 0 Å². The highest BCUT2D eigenvalue weighted by molar-refractivity contribution is 14.2. The molecule has 1 aliphatic rings. The van der Waals surface area contributed by atoms with Gasteiger partial charge < -0.3 is 9.29 Å². The van der Waals surface area contributed by atoms with E-state index in [1.54, 1.807) is 0 Å². The molecule has 1 aliphatic carbocycles. The summed E-state index contributed by atoms with van der Waals surface area (Å²) in [7, 11) is 1.38. The molecule has 2 nitrogen and oxygen atoms in total. The number of halogens is 1. The third kappa shape index (κ3) is 2.46. The van der Waals surface area contributed by atoms with Gasteiger partial charge in [-0.25, -0.2) is 0 Å². The fourth-order valence-corrected chi connectivity index (χ4v) is 2.70. The summed E-state index contributed by atoms with van der Waals surface area (Å²) in [6, 6.07) is 0. The summed E-state index contributed by atoms with van der Waals surface area (Å²) in [5, 5.41) is 9.14. The maximum atomic E-state index is 9.14. The summed E-state index contributed by atoms with van der Waals surface area (Å²) in [6.45, 7) is 7.52. The van der Waals surface area contributed by atoms with Crippen molar-refractivity contribution in [3.05, 3.63) is 11.1 Å². The van der Waals surface area contributed by atoms with Crippen molar-refractivity contribution in [2.75, 3.05) is 13.2 Å². The van der Waals surface area contributed by atoms with Gasteiger partial charge >= 0.3 is 0 Å². The van der Waals surface area contributed by atoms with E-state index in [-0.39, 0.29) is 5.41 Å². The number of aliphatic hydroxyl groups excluding tert-OH is 1. The van der Waals surface area contributed by atoms with Crippen molar-refractivity contribution >= 4 is 30.4 Å². The van der Waals surface area contributed by atoms with Gasteiger partial charge in [0.15, 0.2) is 0 Å². The van der Waals surface area contributed by atoms with Gasteiger partial charge in [0.05, 0.1) is 15.8 Å². The molecule has 82 valence electrons. The number of hydrogen-bond donors (Lipinski definition) is 1. The van der Waals surface area contributed by atoms with E-state index in [1.165, 1.54) is 20.4 Å². The van der Waals surface area contributed by atoms with Crippen LogP contribution < -0.4 is 0 Å². The molecule has 0 saturated heterocycles. The molecule has 0 aromatic carbocycles. The second-order valence-electron chi connectivity index (χ2n) is 4.39. The Hall–Kier alpha value is 0.740. The molecule has 0 aromatic heterocycles. The normalized spacial score (nSPS) is 28.5. The van der Waals surface area contributed by atoms with Gasteiger partial charge in [0.1, 0.15) is 0 Å². The average molecular weight is 328 g/mol. The first-order valence-corrected chi connectivity index (χ1v) is 8.02. The number of allylic oxidation sites excluding steroid dienone is 1. The Kier molecular flexibility index (Phi) is 4.74. The van der Waals surface area contributed by atoms with Crippen molar-refractivity contribution in [1.29, 1.82) is 0 Å². The molecule has 14 heavy (non-hydrogen) atoms. The topological polar surface area (TPSA) is 29.5 Å². The van der Waals surface area contributed by atoms with Gasteiger partial charge in [0.2, 0.25) is 0 Å². The molecule has 0 aromatic rings. The van der Waals surface area contributed by atoms with Crippen LogP contribution in [0.3, 0.4) is 0 Å². The lowest BCUT2D eigenvalue weighted by Crippen LogP contribution is -2.41. The molecule has 1 saturated carbocycles. The van der Waals surface area contributed by atoms with Crippen LogP contribution in [-0.2, 0) is 4.18 Å². The van der Waals surface area contributed by atoms with E-state index >= 15 is 0 Å². The van der Waals surface area contributed by atoms with Crippen molar-refractivity contribution in [3.63, 3.8) is 0 Å². The first-order chi connectivity index (χ1) is 6.54. The molecule has 4 heteroatoms. The SMILES string of the molecule is C/C(COSI)=C1/CC(CO)C1(C)C. The minimum absolute atomic E-state index is 0.165. The molecule has 0 heterocycles. The Morgan fingerprint density at radius 1 is 1.71 bits per heavy atom. The standard InChI is InChI=1S/C10H17IO2S/c1-7(6-13-14-11)9-4-8(5-12)10(9,2)3/h8,12H,4-6H2,1-3H3/b9-7+. The van der Waals surface area contributed by atoms with E-state index in [9.17, 15) is 0 Å². The summed E-state index contributed by atoms with van der Waals surface area (Å²) >= 11 is 2.13. The van der Waals surface area contributed by atoms with Gasteiger partial charge in [-0.2, -0.15) is 0 Å². The van der Waals surface area contributed by atoms with Crippen LogP contribution in [-0.4, -0.2) is 18.3 Å². The van der Waals surface area contributed by atoms with Gasteiger partial charge in [-0.15, -0.1) is 0 Å². The molecule has 1 fully saturated rings. The molecule has 1 atom stereocenters. The monoisotopic (exact) mass is 328 g/mol. The largest absolute Gasteiger partial charge is 0.396 e.